The summed E-state index contributed by atoms with van der Waals surface area (Å²) in [4.78, 5) is 26.0. The number of rotatable bonds is 2. The van der Waals surface area contributed by atoms with Crippen LogP contribution in [0.15, 0.2) is 22.7 Å². The van der Waals surface area contributed by atoms with Crippen molar-refractivity contribution in [1.82, 2.24) is 4.98 Å². The first-order chi connectivity index (χ1) is 8.40. The van der Waals surface area contributed by atoms with Gasteiger partial charge in [-0.15, -0.1) is 0 Å². The largest absolute Gasteiger partial charge is 0.478 e. The smallest absolute Gasteiger partial charge is 0.355 e. The predicted molar refractivity (Wildman–Crippen MR) is 68.1 cm³/mol. The Morgan fingerprint density at radius 3 is 2.39 bits per heavy atom. The molecule has 6 heteroatoms. The van der Waals surface area contributed by atoms with Crippen LogP contribution in [0.1, 0.15) is 26.4 Å². The van der Waals surface area contributed by atoms with Crippen LogP contribution in [0.25, 0.3) is 10.9 Å². The molecule has 0 saturated heterocycles. The van der Waals surface area contributed by atoms with Crippen molar-refractivity contribution in [3.8, 4) is 0 Å². The second kappa shape index (κ2) is 4.38. The fourth-order valence-electron chi connectivity index (χ4n) is 1.75. The molecule has 0 atom stereocenters. The Balaban J connectivity index is 2.89. The molecule has 0 bridgehead atoms. The Labute approximate surface area is 110 Å². The van der Waals surface area contributed by atoms with Crippen molar-refractivity contribution < 1.29 is 19.8 Å². The van der Waals surface area contributed by atoms with Gasteiger partial charge >= 0.3 is 11.9 Å². The Bertz CT molecular complexity index is 681. The molecular weight excluding hydrogens is 302 g/mol. The van der Waals surface area contributed by atoms with Crippen LogP contribution < -0.4 is 0 Å². The number of pyridine rings is 1. The number of carboxylic acid groups (broad SMARTS) is 2. The summed E-state index contributed by atoms with van der Waals surface area (Å²) in [6.07, 6.45) is 0. The van der Waals surface area contributed by atoms with Crippen molar-refractivity contribution in [3.63, 3.8) is 0 Å². The normalized spacial score (nSPS) is 10.6. The van der Waals surface area contributed by atoms with Crippen LogP contribution >= 0.6 is 15.9 Å². The number of hydrogen-bond acceptors (Lipinski definition) is 3. The van der Waals surface area contributed by atoms with Gasteiger partial charge in [0.2, 0.25) is 0 Å². The minimum Gasteiger partial charge on any atom is -0.478 e. The Kier molecular flexibility index (Phi) is 3.04. The summed E-state index contributed by atoms with van der Waals surface area (Å²) >= 11 is 3.30. The van der Waals surface area contributed by atoms with E-state index in [4.69, 9.17) is 10.2 Å². The zero-order chi connectivity index (χ0) is 13.4. The second-order valence-electron chi connectivity index (χ2n) is 3.79. The van der Waals surface area contributed by atoms with Crippen LogP contribution in [-0.2, 0) is 0 Å². The van der Waals surface area contributed by atoms with Crippen molar-refractivity contribution in [3.05, 3.63) is 39.5 Å². The van der Waals surface area contributed by atoms with Crippen LogP contribution in [0.2, 0.25) is 0 Å². The molecule has 0 aliphatic carbocycles. The Morgan fingerprint density at radius 2 is 1.83 bits per heavy atom. The van der Waals surface area contributed by atoms with Gasteiger partial charge in [0.25, 0.3) is 0 Å². The predicted octanol–water partition coefficient (Wildman–Crippen LogP) is 2.70. The second-order valence-corrected chi connectivity index (χ2v) is 4.70. The molecule has 0 radical (unpaired) electrons. The van der Waals surface area contributed by atoms with E-state index in [1.165, 1.54) is 6.07 Å². The minimum atomic E-state index is -1.35. The molecule has 0 amide bonds. The molecule has 2 aromatic rings. The molecule has 1 aromatic heterocycles. The average Bonchev–Trinajstić information content (AvgIpc) is 2.26. The number of carbonyl (C=O) groups is 2. The summed E-state index contributed by atoms with van der Waals surface area (Å²) in [5, 5.41) is 18.6. The number of aryl methyl sites for hydroxylation is 1. The molecular formula is C12H8BrNO4. The maximum absolute atomic E-state index is 11.0. The van der Waals surface area contributed by atoms with Crippen molar-refractivity contribution in [2.24, 2.45) is 0 Å². The molecule has 1 aromatic carbocycles. The molecule has 0 fully saturated rings. The lowest BCUT2D eigenvalue weighted by Crippen LogP contribution is -2.11. The van der Waals surface area contributed by atoms with Crippen LogP contribution in [0.3, 0.4) is 0 Å². The van der Waals surface area contributed by atoms with Gasteiger partial charge in [0.15, 0.2) is 5.69 Å². The van der Waals surface area contributed by atoms with E-state index in [-0.39, 0.29) is 5.56 Å². The molecule has 18 heavy (non-hydrogen) atoms. The highest BCUT2D eigenvalue weighted by Gasteiger charge is 2.19. The highest BCUT2D eigenvalue weighted by Crippen LogP contribution is 2.24. The zero-order valence-electron chi connectivity index (χ0n) is 9.27. The lowest BCUT2D eigenvalue weighted by atomic mass is 10.1. The van der Waals surface area contributed by atoms with Gasteiger partial charge in [-0.05, 0) is 30.7 Å². The fraction of sp³-hybridized carbons (Fsp3) is 0.0833. The van der Waals surface area contributed by atoms with E-state index in [9.17, 15) is 9.59 Å². The number of aromatic carboxylic acids is 2. The van der Waals surface area contributed by atoms with Gasteiger partial charge in [0.05, 0.1) is 11.1 Å². The number of hydrogen-bond donors (Lipinski definition) is 2. The van der Waals surface area contributed by atoms with Crippen molar-refractivity contribution in [2.45, 2.75) is 6.92 Å². The number of aromatic nitrogens is 1. The summed E-state index contributed by atoms with van der Waals surface area (Å²) in [5.41, 5.74) is 0.507. The average molecular weight is 310 g/mol. The van der Waals surface area contributed by atoms with E-state index < -0.39 is 17.6 Å². The first kappa shape index (κ1) is 12.5. The van der Waals surface area contributed by atoms with Crippen molar-refractivity contribution >= 4 is 38.8 Å². The number of benzene rings is 1. The number of nitrogens with zero attached hydrogens (tertiary/aromatic N) is 1. The van der Waals surface area contributed by atoms with Gasteiger partial charge in [-0.25, -0.2) is 14.6 Å². The van der Waals surface area contributed by atoms with E-state index in [0.717, 1.165) is 10.0 Å². The molecule has 0 spiro atoms. The zero-order valence-corrected chi connectivity index (χ0v) is 10.9. The lowest BCUT2D eigenvalue weighted by molar-refractivity contribution is 0.0647. The standard InChI is InChI=1S/C12H8BrNO4/c1-5-2-7(13)3-6-4-8(11(15)16)10(12(17)18)14-9(5)6/h2-4H,1H3,(H,15,16)(H,17,18). The third-order valence-corrected chi connectivity index (χ3v) is 2.96. The maximum atomic E-state index is 11.0. The fourth-order valence-corrected chi connectivity index (χ4v) is 2.34. The summed E-state index contributed by atoms with van der Waals surface area (Å²) in [6, 6.07) is 4.82. The first-order valence-corrected chi connectivity index (χ1v) is 5.77. The van der Waals surface area contributed by atoms with Crippen LogP contribution in [-0.4, -0.2) is 27.1 Å². The molecule has 2 N–H and O–H groups in total. The maximum Gasteiger partial charge on any atom is 0.355 e. The summed E-state index contributed by atoms with van der Waals surface area (Å²) in [6.45, 7) is 1.78. The van der Waals surface area contributed by atoms with Crippen LogP contribution in [0, 0.1) is 6.92 Å². The van der Waals surface area contributed by atoms with Gasteiger partial charge in [0, 0.05) is 9.86 Å². The summed E-state index contributed by atoms with van der Waals surface area (Å²) in [7, 11) is 0. The summed E-state index contributed by atoms with van der Waals surface area (Å²) < 4.78 is 0.786. The number of fused-ring (bicyclic) bond motifs is 1. The minimum absolute atomic E-state index is 0.312. The topological polar surface area (TPSA) is 87.5 Å². The van der Waals surface area contributed by atoms with E-state index in [1.807, 2.05) is 0 Å². The molecule has 0 aliphatic heterocycles. The summed E-state index contributed by atoms with van der Waals surface area (Å²) in [5.74, 6) is -2.66. The van der Waals surface area contributed by atoms with Crippen LogP contribution in [0.4, 0.5) is 0 Å². The van der Waals surface area contributed by atoms with Crippen molar-refractivity contribution in [2.75, 3.05) is 0 Å². The highest BCUT2D eigenvalue weighted by atomic mass is 79.9. The molecule has 0 saturated carbocycles. The van der Waals surface area contributed by atoms with Gasteiger partial charge < -0.3 is 10.2 Å². The van der Waals surface area contributed by atoms with Gasteiger partial charge in [-0.1, -0.05) is 15.9 Å². The first-order valence-electron chi connectivity index (χ1n) is 4.97. The number of carboxylic acids is 2. The Morgan fingerprint density at radius 1 is 1.17 bits per heavy atom. The monoisotopic (exact) mass is 309 g/mol. The van der Waals surface area contributed by atoms with Crippen molar-refractivity contribution in [1.29, 1.82) is 0 Å². The molecule has 5 nitrogen and oxygen atoms in total. The third kappa shape index (κ3) is 2.06. The Hall–Kier alpha value is -1.95. The highest BCUT2D eigenvalue weighted by molar-refractivity contribution is 9.10. The molecule has 92 valence electrons. The lowest BCUT2D eigenvalue weighted by Gasteiger charge is -2.07. The molecule has 0 unspecified atom stereocenters. The van der Waals surface area contributed by atoms with E-state index in [1.54, 1.807) is 19.1 Å². The van der Waals surface area contributed by atoms with Crippen LogP contribution in [0.5, 0.6) is 0 Å². The van der Waals surface area contributed by atoms with E-state index in [0.29, 0.717) is 10.9 Å². The van der Waals surface area contributed by atoms with Gasteiger partial charge in [0.1, 0.15) is 0 Å². The SMILES string of the molecule is Cc1cc(Br)cc2cc(C(=O)O)c(C(=O)O)nc12. The van der Waals surface area contributed by atoms with Gasteiger partial charge in [-0.2, -0.15) is 0 Å². The van der Waals surface area contributed by atoms with E-state index in [2.05, 4.69) is 20.9 Å². The number of halogens is 1. The molecule has 2 rings (SSSR count). The third-order valence-electron chi connectivity index (χ3n) is 2.51. The molecule has 0 aliphatic rings. The van der Waals surface area contributed by atoms with E-state index >= 15 is 0 Å². The van der Waals surface area contributed by atoms with Gasteiger partial charge in [-0.3, -0.25) is 0 Å². The quantitative estimate of drug-likeness (QED) is 0.890. The molecule has 1 heterocycles.